The Morgan fingerprint density at radius 2 is 1.76 bits per heavy atom. The number of ether oxygens (including phenoxy) is 3. The maximum atomic E-state index is 13.4. The Bertz CT molecular complexity index is 1310. The lowest BCUT2D eigenvalue weighted by molar-refractivity contribution is -0.119. The van der Waals surface area contributed by atoms with Gasteiger partial charge in [0, 0.05) is 0 Å². The Morgan fingerprint density at radius 1 is 1.06 bits per heavy atom. The Kier molecular flexibility index (Phi) is 6.69. The molecule has 0 fully saturated rings. The van der Waals surface area contributed by atoms with Gasteiger partial charge in [0.1, 0.15) is 12.3 Å². The number of sulfonamides is 1. The third-order valence-corrected chi connectivity index (χ3v) is 6.84. The van der Waals surface area contributed by atoms with E-state index in [4.69, 9.17) is 14.2 Å². The minimum atomic E-state index is -4.02. The lowest BCUT2D eigenvalue weighted by Gasteiger charge is -2.24. The molecule has 0 aromatic heterocycles. The predicted octanol–water partition coefficient (Wildman–Crippen LogP) is 3.08. The van der Waals surface area contributed by atoms with Crippen molar-refractivity contribution in [2.45, 2.75) is 11.8 Å². The number of anilines is 1. The molecule has 3 aromatic carbocycles. The van der Waals surface area contributed by atoms with E-state index in [0.29, 0.717) is 28.5 Å². The molecule has 1 N–H and O–H groups in total. The molecule has 0 saturated heterocycles. The molecule has 0 bridgehead atoms. The van der Waals surface area contributed by atoms with E-state index in [2.05, 4.69) is 10.5 Å². The molecule has 9 nitrogen and oxygen atoms in total. The summed E-state index contributed by atoms with van der Waals surface area (Å²) in [5.74, 6) is 1.18. The lowest BCUT2D eigenvalue weighted by Crippen LogP contribution is -2.39. The van der Waals surface area contributed by atoms with Crippen LogP contribution in [0.5, 0.6) is 17.2 Å². The number of hydrogen-bond acceptors (Lipinski definition) is 7. The lowest BCUT2D eigenvalue weighted by atomic mass is 10.2. The van der Waals surface area contributed by atoms with Gasteiger partial charge in [-0.15, -0.1) is 0 Å². The number of amides is 1. The summed E-state index contributed by atoms with van der Waals surface area (Å²) in [6, 6.07) is 18.1. The number of hydrogen-bond donors (Lipinski definition) is 1. The number of methoxy groups -OCH3 is 1. The van der Waals surface area contributed by atoms with Gasteiger partial charge < -0.3 is 14.2 Å². The van der Waals surface area contributed by atoms with Gasteiger partial charge in [0.25, 0.3) is 15.9 Å². The van der Waals surface area contributed by atoms with Crippen LogP contribution >= 0.6 is 0 Å². The van der Waals surface area contributed by atoms with Crippen molar-refractivity contribution in [3.8, 4) is 17.2 Å². The zero-order valence-electron chi connectivity index (χ0n) is 18.6. The molecule has 3 aromatic rings. The average molecular weight is 482 g/mol. The van der Waals surface area contributed by atoms with Crippen molar-refractivity contribution in [2.24, 2.45) is 5.10 Å². The zero-order chi connectivity index (χ0) is 24.1. The average Bonchev–Trinajstić information content (AvgIpc) is 3.31. The van der Waals surface area contributed by atoms with E-state index in [1.54, 1.807) is 54.6 Å². The molecule has 1 aliphatic rings. The van der Waals surface area contributed by atoms with E-state index >= 15 is 0 Å². The predicted molar refractivity (Wildman–Crippen MR) is 127 cm³/mol. The van der Waals surface area contributed by atoms with E-state index in [0.717, 1.165) is 9.87 Å². The normalized spacial score (nSPS) is 12.5. The monoisotopic (exact) mass is 481 g/mol. The highest BCUT2D eigenvalue weighted by molar-refractivity contribution is 7.92. The molecular formula is C24H23N3O6S. The van der Waals surface area contributed by atoms with Crippen molar-refractivity contribution in [1.29, 1.82) is 0 Å². The van der Waals surface area contributed by atoms with E-state index in [-0.39, 0.29) is 11.7 Å². The summed E-state index contributed by atoms with van der Waals surface area (Å²) < 4.78 is 43.5. The van der Waals surface area contributed by atoms with Crippen LogP contribution in [0.4, 0.5) is 5.69 Å². The summed E-state index contributed by atoms with van der Waals surface area (Å²) in [6.45, 7) is 1.55. The highest BCUT2D eigenvalue weighted by Gasteiger charge is 2.27. The number of carbonyl (C=O) groups excluding carboxylic acids is 1. The van der Waals surface area contributed by atoms with Gasteiger partial charge in [0.15, 0.2) is 11.5 Å². The van der Waals surface area contributed by atoms with Crippen molar-refractivity contribution in [3.05, 3.63) is 77.9 Å². The molecule has 1 heterocycles. The molecule has 0 radical (unpaired) electrons. The summed E-state index contributed by atoms with van der Waals surface area (Å²) in [7, 11) is -2.50. The SMILES string of the molecule is COc1ccc(N(CC(=O)N/N=C/c2ccc3c(c2)OCO3)S(=O)(=O)c2ccc(C)cc2)cc1. The second kappa shape index (κ2) is 9.84. The fraction of sp³-hybridized carbons (Fsp3) is 0.167. The van der Waals surface area contributed by atoms with Crippen molar-refractivity contribution in [1.82, 2.24) is 5.43 Å². The topological polar surface area (TPSA) is 107 Å². The summed E-state index contributed by atoms with van der Waals surface area (Å²) in [5.41, 5.74) is 4.30. The number of nitrogens with zero attached hydrogens (tertiary/aromatic N) is 2. The first-order valence-corrected chi connectivity index (χ1v) is 11.8. The van der Waals surface area contributed by atoms with Gasteiger partial charge >= 0.3 is 0 Å². The van der Waals surface area contributed by atoms with E-state index < -0.39 is 22.5 Å². The standard InChI is InChI=1S/C24H23N3O6S/c1-17-3-10-21(11-4-17)34(29,30)27(19-6-8-20(31-2)9-7-19)15-24(28)26-25-14-18-5-12-22-23(13-18)33-16-32-22/h3-14H,15-16H2,1-2H3,(H,26,28)/b25-14+. The first-order chi connectivity index (χ1) is 16.4. The van der Waals surface area contributed by atoms with Gasteiger partial charge in [0.2, 0.25) is 6.79 Å². The maximum absolute atomic E-state index is 13.4. The molecule has 0 saturated carbocycles. The Labute approximate surface area is 197 Å². The van der Waals surface area contributed by atoms with Gasteiger partial charge in [-0.1, -0.05) is 17.7 Å². The largest absolute Gasteiger partial charge is 0.497 e. The van der Waals surface area contributed by atoms with Gasteiger partial charge in [-0.05, 0) is 67.1 Å². The van der Waals surface area contributed by atoms with Gasteiger partial charge in [-0.25, -0.2) is 13.8 Å². The van der Waals surface area contributed by atoms with Gasteiger partial charge in [0.05, 0.1) is 23.9 Å². The summed E-state index contributed by atoms with van der Waals surface area (Å²) in [6.07, 6.45) is 1.44. The number of carbonyl (C=O) groups is 1. The van der Waals surface area contributed by atoms with Gasteiger partial charge in [-0.2, -0.15) is 5.10 Å². The molecule has 0 atom stereocenters. The first kappa shape index (κ1) is 23.1. The van der Waals surface area contributed by atoms with Crippen LogP contribution in [0.3, 0.4) is 0 Å². The first-order valence-electron chi connectivity index (χ1n) is 10.3. The van der Waals surface area contributed by atoms with Crippen LogP contribution in [0, 0.1) is 6.92 Å². The number of fused-ring (bicyclic) bond motifs is 1. The molecule has 1 aliphatic heterocycles. The highest BCUT2D eigenvalue weighted by Crippen LogP contribution is 2.32. The summed E-state index contributed by atoms with van der Waals surface area (Å²) in [4.78, 5) is 12.7. The number of benzene rings is 3. The molecule has 4 rings (SSSR count). The van der Waals surface area contributed by atoms with E-state index in [1.165, 1.54) is 25.5 Å². The quantitative estimate of drug-likeness (QED) is 0.392. The second-order valence-electron chi connectivity index (χ2n) is 7.43. The summed E-state index contributed by atoms with van der Waals surface area (Å²) in [5, 5.41) is 3.95. The smallest absolute Gasteiger partial charge is 0.264 e. The van der Waals surface area contributed by atoms with Crippen LogP contribution in [-0.2, 0) is 14.8 Å². The van der Waals surface area contributed by atoms with Crippen molar-refractivity contribution >= 4 is 27.8 Å². The number of hydrazone groups is 1. The molecule has 0 aliphatic carbocycles. The van der Waals surface area contributed by atoms with Crippen LogP contribution in [0.15, 0.2) is 76.7 Å². The number of nitrogens with one attached hydrogen (secondary N) is 1. The minimum absolute atomic E-state index is 0.0746. The molecule has 0 spiro atoms. The maximum Gasteiger partial charge on any atom is 0.264 e. The van der Waals surface area contributed by atoms with Gasteiger partial charge in [-0.3, -0.25) is 9.10 Å². The third-order valence-electron chi connectivity index (χ3n) is 5.06. The van der Waals surface area contributed by atoms with Crippen LogP contribution in [0.1, 0.15) is 11.1 Å². The van der Waals surface area contributed by atoms with Crippen LogP contribution < -0.4 is 23.9 Å². The minimum Gasteiger partial charge on any atom is -0.497 e. The number of aryl methyl sites for hydroxylation is 1. The third kappa shape index (κ3) is 5.12. The molecule has 1 amide bonds. The fourth-order valence-electron chi connectivity index (χ4n) is 3.24. The zero-order valence-corrected chi connectivity index (χ0v) is 19.4. The molecule has 10 heteroatoms. The number of rotatable bonds is 8. The second-order valence-corrected chi connectivity index (χ2v) is 9.29. The van der Waals surface area contributed by atoms with Crippen LogP contribution in [-0.4, -0.2) is 41.0 Å². The van der Waals surface area contributed by atoms with Crippen molar-refractivity contribution < 1.29 is 27.4 Å². The summed E-state index contributed by atoms with van der Waals surface area (Å²) >= 11 is 0. The molecule has 0 unspecified atom stereocenters. The van der Waals surface area contributed by atoms with E-state index in [9.17, 15) is 13.2 Å². The van der Waals surface area contributed by atoms with E-state index in [1.807, 2.05) is 6.92 Å². The molecule has 176 valence electrons. The van der Waals surface area contributed by atoms with Crippen LogP contribution in [0.25, 0.3) is 0 Å². The van der Waals surface area contributed by atoms with Crippen molar-refractivity contribution in [3.63, 3.8) is 0 Å². The molecular weight excluding hydrogens is 458 g/mol. The molecule has 34 heavy (non-hydrogen) atoms. The fourth-order valence-corrected chi connectivity index (χ4v) is 4.66. The highest BCUT2D eigenvalue weighted by atomic mass is 32.2. The Morgan fingerprint density at radius 3 is 2.47 bits per heavy atom. The Balaban J connectivity index is 1.53. The van der Waals surface area contributed by atoms with Crippen molar-refractivity contribution in [2.75, 3.05) is 24.8 Å². The van der Waals surface area contributed by atoms with Crippen LogP contribution in [0.2, 0.25) is 0 Å². The Hall–Kier alpha value is -4.05.